The Morgan fingerprint density at radius 3 is 2.47 bits per heavy atom. The molecule has 0 aromatic carbocycles. The summed E-state index contributed by atoms with van der Waals surface area (Å²) in [6.07, 6.45) is 5.18. The van der Waals surface area contributed by atoms with E-state index in [1.807, 2.05) is 25.8 Å². The van der Waals surface area contributed by atoms with E-state index in [1.54, 1.807) is 0 Å². The van der Waals surface area contributed by atoms with Crippen LogP contribution in [0.2, 0.25) is 0 Å². The van der Waals surface area contributed by atoms with Gasteiger partial charge in [0.05, 0.1) is 0 Å². The number of pyridine rings is 2. The van der Waals surface area contributed by atoms with Gasteiger partial charge in [-0.1, -0.05) is 26.8 Å². The highest BCUT2D eigenvalue weighted by Crippen LogP contribution is 2.36. The lowest BCUT2D eigenvalue weighted by Crippen LogP contribution is -2.43. The molecule has 2 aromatic heterocycles. The van der Waals surface area contributed by atoms with E-state index in [1.165, 1.54) is 16.8 Å². The number of nitrogens with one attached hydrogen (secondary N) is 1. The quantitative estimate of drug-likeness (QED) is 0.746. The molecule has 0 radical (unpaired) electrons. The van der Waals surface area contributed by atoms with Crippen molar-refractivity contribution in [1.29, 1.82) is 0 Å². The van der Waals surface area contributed by atoms with E-state index in [-0.39, 0.29) is 0 Å². The van der Waals surface area contributed by atoms with Crippen LogP contribution in [0.1, 0.15) is 49.9 Å². The van der Waals surface area contributed by atoms with Crippen molar-refractivity contribution in [3.63, 3.8) is 0 Å². The van der Waals surface area contributed by atoms with E-state index < -0.39 is 0 Å². The molecule has 1 N–H and O–H groups in total. The van der Waals surface area contributed by atoms with Crippen LogP contribution in [0.3, 0.4) is 0 Å². The molecule has 30 heavy (non-hydrogen) atoms. The molecule has 2 aliphatic heterocycles. The Hall–Kier alpha value is -1.97. The summed E-state index contributed by atoms with van der Waals surface area (Å²) in [5.41, 5.74) is 4.91. The van der Waals surface area contributed by atoms with Crippen molar-refractivity contribution >= 4 is 26.2 Å². The molecule has 5 nitrogen and oxygen atoms in total. The van der Waals surface area contributed by atoms with Gasteiger partial charge in [0.25, 0.3) is 0 Å². The van der Waals surface area contributed by atoms with Gasteiger partial charge in [-0.05, 0) is 48.7 Å². The van der Waals surface area contributed by atoms with Crippen molar-refractivity contribution in [3.8, 4) is 0 Å². The monoisotopic (exact) mass is 425 g/mol. The van der Waals surface area contributed by atoms with Crippen molar-refractivity contribution < 1.29 is 0 Å². The van der Waals surface area contributed by atoms with Crippen LogP contribution in [0.5, 0.6) is 0 Å². The van der Waals surface area contributed by atoms with E-state index in [4.69, 9.17) is 4.98 Å². The minimum atomic E-state index is 0.569. The molecule has 0 saturated carbocycles. The molecule has 2 aromatic rings. The van der Waals surface area contributed by atoms with Gasteiger partial charge >= 0.3 is 0 Å². The molecule has 0 aliphatic carbocycles. The number of anilines is 2. The van der Waals surface area contributed by atoms with E-state index in [9.17, 15) is 0 Å². The normalized spacial score (nSPS) is 21.6. The summed E-state index contributed by atoms with van der Waals surface area (Å²) in [7, 11) is 3.57. The topological polar surface area (TPSA) is 44.3 Å². The molecule has 2 saturated heterocycles. The van der Waals surface area contributed by atoms with Crippen LogP contribution < -0.4 is 15.1 Å². The lowest BCUT2D eigenvalue weighted by atomic mass is 9.82. The van der Waals surface area contributed by atoms with Crippen molar-refractivity contribution in [2.45, 2.75) is 40.0 Å². The molecular weight excluding hydrogens is 389 g/mol. The summed E-state index contributed by atoms with van der Waals surface area (Å²) >= 11 is 0. The van der Waals surface area contributed by atoms with E-state index in [2.05, 4.69) is 67.2 Å². The van der Waals surface area contributed by atoms with Crippen LogP contribution in [0.15, 0.2) is 30.6 Å². The summed E-state index contributed by atoms with van der Waals surface area (Å²) < 4.78 is 0. The van der Waals surface area contributed by atoms with E-state index >= 15 is 0 Å². The van der Waals surface area contributed by atoms with Gasteiger partial charge in [-0.15, -0.1) is 8.86 Å². The third-order valence-corrected chi connectivity index (χ3v) is 6.49. The number of hydrogen-bond acceptors (Lipinski definition) is 5. The maximum absolute atomic E-state index is 4.79. The zero-order chi connectivity index (χ0) is 21.5. The van der Waals surface area contributed by atoms with Crippen LogP contribution in [0.25, 0.3) is 0 Å². The lowest BCUT2D eigenvalue weighted by molar-refractivity contribution is 0.383. The minimum absolute atomic E-state index is 0.569. The number of aryl methyl sites for hydroxylation is 1. The van der Waals surface area contributed by atoms with Gasteiger partial charge in [0.2, 0.25) is 0 Å². The molecule has 2 atom stereocenters. The smallest absolute Gasteiger partial charge is 0.128 e. The van der Waals surface area contributed by atoms with Crippen LogP contribution in [-0.2, 0) is 0 Å². The standard InChI is InChI=1S/C22H30N5P.C2H6/c1-16-14-27(21-5-7-24-17(2)20(21)15-28)10-6-19(16)18-3-4-22(25-13-18)26-11-8-23-9-12-26;1-2/h3-5,7,13,15-16,19,23,28H,6,8-12,14H2,1-2H3;1-2H3/t16-,19+;/m0./s1. The van der Waals surface area contributed by atoms with Gasteiger partial charge in [0.1, 0.15) is 5.82 Å². The Morgan fingerprint density at radius 2 is 1.83 bits per heavy atom. The van der Waals surface area contributed by atoms with Crippen molar-refractivity contribution in [2.75, 3.05) is 49.1 Å². The number of rotatable bonds is 4. The molecule has 0 amide bonds. The number of piperidine rings is 1. The number of piperazine rings is 1. The fraction of sp³-hybridized carbons (Fsp3) is 0.542. The molecule has 162 valence electrons. The first-order valence-electron chi connectivity index (χ1n) is 11.3. The predicted octanol–water partition coefficient (Wildman–Crippen LogP) is 4.14. The predicted molar refractivity (Wildman–Crippen MR) is 132 cm³/mol. The van der Waals surface area contributed by atoms with Crippen LogP contribution in [0, 0.1) is 12.8 Å². The van der Waals surface area contributed by atoms with Gasteiger partial charge in [-0.3, -0.25) is 4.98 Å². The van der Waals surface area contributed by atoms with Crippen molar-refractivity contribution in [3.05, 3.63) is 47.4 Å². The van der Waals surface area contributed by atoms with E-state index in [0.29, 0.717) is 11.8 Å². The highest BCUT2D eigenvalue weighted by Gasteiger charge is 2.29. The van der Waals surface area contributed by atoms with Crippen LogP contribution in [-0.4, -0.2) is 55.0 Å². The first-order valence-corrected chi connectivity index (χ1v) is 11.9. The van der Waals surface area contributed by atoms with Crippen molar-refractivity contribution in [1.82, 2.24) is 15.3 Å². The first-order chi connectivity index (χ1) is 14.7. The maximum Gasteiger partial charge on any atom is 0.128 e. The summed E-state index contributed by atoms with van der Waals surface area (Å²) in [6.45, 7) is 14.7. The van der Waals surface area contributed by atoms with Crippen molar-refractivity contribution in [2.24, 2.45) is 5.92 Å². The zero-order valence-electron chi connectivity index (χ0n) is 18.9. The second-order valence-electron chi connectivity index (χ2n) is 7.98. The van der Waals surface area contributed by atoms with Gasteiger partial charge < -0.3 is 15.1 Å². The minimum Gasteiger partial charge on any atom is -0.371 e. The summed E-state index contributed by atoms with van der Waals surface area (Å²) in [5.74, 6) is 4.25. The fourth-order valence-electron chi connectivity index (χ4n) is 4.58. The average Bonchev–Trinajstić information content (AvgIpc) is 2.81. The van der Waals surface area contributed by atoms with Gasteiger partial charge in [-0.25, -0.2) is 4.98 Å². The SMILES string of the molecule is CC.Cc1nccc(N2CC[C@@H](c3ccc(N4CCNCC4)nc3)[C@@H](C)C2)c1C=P. The largest absolute Gasteiger partial charge is 0.371 e. The third kappa shape index (κ3) is 5.01. The molecule has 0 unspecified atom stereocenters. The highest BCUT2D eigenvalue weighted by molar-refractivity contribution is 7.19. The molecular formula is C24H36N5P. The Balaban J connectivity index is 0.00000124. The first kappa shape index (κ1) is 22.7. The van der Waals surface area contributed by atoms with Crippen LogP contribution >= 0.6 is 8.86 Å². The molecule has 0 bridgehead atoms. The second kappa shape index (κ2) is 10.9. The van der Waals surface area contributed by atoms with E-state index in [0.717, 1.165) is 57.2 Å². The Kier molecular flexibility index (Phi) is 8.24. The molecule has 6 heteroatoms. The number of hydrogen-bond donors (Lipinski definition) is 1. The fourth-order valence-corrected chi connectivity index (χ4v) is 4.93. The summed E-state index contributed by atoms with van der Waals surface area (Å²) in [5, 5.41) is 3.40. The Morgan fingerprint density at radius 1 is 1.07 bits per heavy atom. The third-order valence-electron chi connectivity index (χ3n) is 6.20. The molecule has 2 fully saturated rings. The van der Waals surface area contributed by atoms with Gasteiger partial charge in [0.15, 0.2) is 0 Å². The Bertz CT molecular complexity index is 817. The molecule has 0 spiro atoms. The average molecular weight is 426 g/mol. The maximum atomic E-state index is 4.79. The molecule has 2 aliphatic rings. The van der Waals surface area contributed by atoms with Gasteiger partial charge in [0, 0.05) is 68.6 Å². The van der Waals surface area contributed by atoms with Crippen LogP contribution in [0.4, 0.5) is 11.5 Å². The second-order valence-corrected chi connectivity index (χ2v) is 8.27. The lowest BCUT2D eigenvalue weighted by Gasteiger charge is -2.39. The molecule has 4 rings (SSSR count). The summed E-state index contributed by atoms with van der Waals surface area (Å²) in [4.78, 5) is 14.1. The zero-order valence-corrected chi connectivity index (χ0v) is 19.9. The molecule has 4 heterocycles. The van der Waals surface area contributed by atoms with Gasteiger partial charge in [-0.2, -0.15) is 0 Å². The summed E-state index contributed by atoms with van der Waals surface area (Å²) in [6, 6.07) is 6.65. The highest BCUT2D eigenvalue weighted by atomic mass is 31.0. The number of aromatic nitrogens is 2. The number of nitrogens with zero attached hydrogens (tertiary/aromatic N) is 4. The Labute approximate surface area is 184 Å².